The molecule has 0 bridgehead atoms. The molecule has 0 atom stereocenters. The van der Waals surface area contributed by atoms with Gasteiger partial charge < -0.3 is 4.74 Å². The van der Waals surface area contributed by atoms with Gasteiger partial charge in [0.1, 0.15) is 5.60 Å². The third-order valence-electron chi connectivity index (χ3n) is 2.51. The zero-order valence-electron chi connectivity index (χ0n) is 12.4. The number of aromatic nitrogens is 2. The summed E-state index contributed by atoms with van der Waals surface area (Å²) in [6.45, 7) is 5.34. The minimum atomic E-state index is -0.588. The number of ether oxygens (including phenoxy) is 1. The largest absolute Gasteiger partial charge is 0.444 e. The summed E-state index contributed by atoms with van der Waals surface area (Å²) in [6, 6.07) is 5.26. The van der Waals surface area contributed by atoms with E-state index in [1.165, 1.54) is 12.4 Å². The van der Waals surface area contributed by atoms with Crippen molar-refractivity contribution in [2.75, 3.05) is 5.32 Å². The van der Waals surface area contributed by atoms with Crippen LogP contribution in [-0.4, -0.2) is 21.7 Å². The molecule has 1 aromatic heterocycles. The molecule has 0 fully saturated rings. The van der Waals surface area contributed by atoms with E-state index in [0.717, 1.165) is 0 Å². The van der Waals surface area contributed by atoms with Crippen LogP contribution in [0.2, 0.25) is 10.0 Å². The lowest BCUT2D eigenvalue weighted by Gasteiger charge is -2.19. The number of rotatable bonds is 2. The van der Waals surface area contributed by atoms with Crippen molar-refractivity contribution in [1.29, 1.82) is 0 Å². The van der Waals surface area contributed by atoms with Gasteiger partial charge in [0, 0.05) is 5.56 Å². The summed E-state index contributed by atoms with van der Waals surface area (Å²) in [6.07, 6.45) is 2.34. The Labute approximate surface area is 138 Å². The second-order valence-corrected chi connectivity index (χ2v) is 6.30. The topological polar surface area (TPSA) is 64.1 Å². The molecular formula is C15H15Cl2N3O2. The molecule has 2 rings (SSSR count). The predicted molar refractivity (Wildman–Crippen MR) is 87.3 cm³/mol. The maximum atomic E-state index is 11.6. The molecule has 0 unspecified atom stereocenters. The Kier molecular flexibility index (Phi) is 4.88. The first-order chi connectivity index (χ1) is 10.3. The van der Waals surface area contributed by atoms with Gasteiger partial charge in [-0.3, -0.25) is 10.3 Å². The van der Waals surface area contributed by atoms with Gasteiger partial charge in [-0.25, -0.2) is 9.78 Å². The van der Waals surface area contributed by atoms with E-state index in [9.17, 15) is 4.79 Å². The van der Waals surface area contributed by atoms with Crippen LogP contribution >= 0.6 is 23.2 Å². The highest BCUT2D eigenvalue weighted by molar-refractivity contribution is 6.43. The molecule has 22 heavy (non-hydrogen) atoms. The average molecular weight is 340 g/mol. The summed E-state index contributed by atoms with van der Waals surface area (Å²) in [4.78, 5) is 20.0. The summed E-state index contributed by atoms with van der Waals surface area (Å²) < 4.78 is 5.13. The van der Waals surface area contributed by atoms with E-state index in [1.54, 1.807) is 39.0 Å². The predicted octanol–water partition coefficient (Wildman–Crippen LogP) is 4.80. The third-order valence-corrected chi connectivity index (χ3v) is 3.33. The Balaban J connectivity index is 2.14. The normalized spacial score (nSPS) is 11.1. The third kappa shape index (κ3) is 4.32. The van der Waals surface area contributed by atoms with Gasteiger partial charge in [0.15, 0.2) is 5.82 Å². The van der Waals surface area contributed by atoms with Gasteiger partial charge in [-0.1, -0.05) is 35.3 Å². The van der Waals surface area contributed by atoms with Gasteiger partial charge in [0.25, 0.3) is 0 Å². The van der Waals surface area contributed by atoms with Gasteiger partial charge in [0.05, 0.1) is 28.1 Å². The summed E-state index contributed by atoms with van der Waals surface area (Å²) in [7, 11) is 0. The molecule has 0 aliphatic rings. The highest BCUT2D eigenvalue weighted by atomic mass is 35.5. The van der Waals surface area contributed by atoms with E-state index in [4.69, 9.17) is 27.9 Å². The molecule has 0 aliphatic heterocycles. The minimum Gasteiger partial charge on any atom is -0.444 e. The van der Waals surface area contributed by atoms with Crippen LogP contribution < -0.4 is 5.32 Å². The summed E-state index contributed by atoms with van der Waals surface area (Å²) in [5.74, 6) is 0.288. The van der Waals surface area contributed by atoms with Crippen LogP contribution in [0.3, 0.4) is 0 Å². The number of hydrogen-bond donors (Lipinski definition) is 1. The van der Waals surface area contributed by atoms with Crippen molar-refractivity contribution >= 4 is 35.1 Å². The monoisotopic (exact) mass is 339 g/mol. The zero-order chi connectivity index (χ0) is 16.3. The van der Waals surface area contributed by atoms with Gasteiger partial charge in [-0.2, -0.15) is 0 Å². The standard InChI is InChI=1S/C15H15Cl2N3O2/c1-15(2,3)22-14(21)20-12-8-18-11(7-19-12)9-5-4-6-10(16)13(9)17/h4-8H,1-3H3,(H,19,20,21). The van der Waals surface area contributed by atoms with Crippen molar-refractivity contribution in [3.05, 3.63) is 40.6 Å². The molecule has 0 radical (unpaired) electrons. The number of nitrogens with zero attached hydrogens (tertiary/aromatic N) is 2. The lowest BCUT2D eigenvalue weighted by molar-refractivity contribution is 0.0635. The first kappa shape index (κ1) is 16.5. The number of carbonyl (C=O) groups excluding carboxylic acids is 1. The highest BCUT2D eigenvalue weighted by Gasteiger charge is 2.16. The SMILES string of the molecule is CC(C)(C)OC(=O)Nc1cnc(-c2cccc(Cl)c2Cl)cn1. The molecule has 1 N–H and O–H groups in total. The zero-order valence-corrected chi connectivity index (χ0v) is 13.9. The molecule has 1 aromatic carbocycles. The van der Waals surface area contributed by atoms with E-state index in [-0.39, 0.29) is 5.82 Å². The maximum absolute atomic E-state index is 11.6. The highest BCUT2D eigenvalue weighted by Crippen LogP contribution is 2.32. The van der Waals surface area contributed by atoms with Crippen LogP contribution in [0.1, 0.15) is 20.8 Å². The molecule has 5 nitrogen and oxygen atoms in total. The quantitative estimate of drug-likeness (QED) is 0.853. The molecule has 0 saturated carbocycles. The van der Waals surface area contributed by atoms with Gasteiger partial charge in [-0.15, -0.1) is 0 Å². The number of benzene rings is 1. The Bertz CT molecular complexity index is 682. The molecule has 116 valence electrons. The van der Waals surface area contributed by atoms with Crippen LogP contribution in [0.5, 0.6) is 0 Å². The number of anilines is 1. The fourth-order valence-electron chi connectivity index (χ4n) is 1.64. The number of amides is 1. The van der Waals surface area contributed by atoms with Gasteiger partial charge in [0.2, 0.25) is 0 Å². The van der Waals surface area contributed by atoms with E-state index < -0.39 is 11.7 Å². The fraction of sp³-hybridized carbons (Fsp3) is 0.267. The van der Waals surface area contributed by atoms with Gasteiger partial charge in [-0.05, 0) is 26.8 Å². The van der Waals surface area contributed by atoms with E-state index in [0.29, 0.717) is 21.3 Å². The summed E-state index contributed by atoms with van der Waals surface area (Å²) >= 11 is 12.1. The van der Waals surface area contributed by atoms with Crippen LogP contribution in [0, 0.1) is 0 Å². The smallest absolute Gasteiger partial charge is 0.413 e. The maximum Gasteiger partial charge on any atom is 0.413 e. The van der Waals surface area contributed by atoms with E-state index in [1.807, 2.05) is 0 Å². The Morgan fingerprint density at radius 3 is 2.50 bits per heavy atom. The summed E-state index contributed by atoms with van der Waals surface area (Å²) in [5, 5.41) is 3.36. The van der Waals surface area contributed by atoms with Crippen LogP contribution in [-0.2, 0) is 4.74 Å². The second kappa shape index (κ2) is 6.50. The van der Waals surface area contributed by atoms with Crippen molar-refractivity contribution in [1.82, 2.24) is 9.97 Å². The molecule has 0 saturated heterocycles. The number of hydrogen-bond acceptors (Lipinski definition) is 4. The molecule has 2 aromatic rings. The first-order valence-corrected chi connectivity index (χ1v) is 7.28. The lowest BCUT2D eigenvalue weighted by Crippen LogP contribution is -2.27. The molecule has 0 aliphatic carbocycles. The van der Waals surface area contributed by atoms with Crippen LogP contribution in [0.25, 0.3) is 11.3 Å². The number of halogens is 2. The van der Waals surface area contributed by atoms with E-state index in [2.05, 4.69) is 15.3 Å². The first-order valence-electron chi connectivity index (χ1n) is 6.53. The second-order valence-electron chi connectivity index (χ2n) is 5.52. The molecule has 1 heterocycles. The molecule has 7 heteroatoms. The van der Waals surface area contributed by atoms with E-state index >= 15 is 0 Å². The van der Waals surface area contributed by atoms with Gasteiger partial charge >= 0.3 is 6.09 Å². The molecular weight excluding hydrogens is 325 g/mol. The minimum absolute atomic E-state index is 0.288. The van der Waals surface area contributed by atoms with Crippen LogP contribution in [0.15, 0.2) is 30.6 Å². The number of carbonyl (C=O) groups is 1. The molecule has 1 amide bonds. The van der Waals surface area contributed by atoms with Crippen molar-refractivity contribution in [3.63, 3.8) is 0 Å². The summed E-state index contributed by atoms with van der Waals surface area (Å²) in [5.41, 5.74) is 0.652. The number of nitrogens with one attached hydrogen (secondary N) is 1. The lowest BCUT2D eigenvalue weighted by atomic mass is 10.1. The van der Waals surface area contributed by atoms with Crippen molar-refractivity contribution in [2.45, 2.75) is 26.4 Å². The average Bonchev–Trinajstić information content (AvgIpc) is 2.41. The molecule has 0 spiro atoms. The van der Waals surface area contributed by atoms with Crippen LogP contribution in [0.4, 0.5) is 10.6 Å². The Hall–Kier alpha value is -1.85. The fourth-order valence-corrected chi connectivity index (χ4v) is 2.04. The van der Waals surface area contributed by atoms with Crippen molar-refractivity contribution in [2.24, 2.45) is 0 Å². The van der Waals surface area contributed by atoms with Crippen molar-refractivity contribution < 1.29 is 9.53 Å². The van der Waals surface area contributed by atoms with Crippen molar-refractivity contribution in [3.8, 4) is 11.3 Å². The Morgan fingerprint density at radius 1 is 1.18 bits per heavy atom. The Morgan fingerprint density at radius 2 is 1.91 bits per heavy atom.